The average molecular weight is 365 g/mol. The minimum absolute atomic E-state index is 1.09. The van der Waals surface area contributed by atoms with Gasteiger partial charge in [0.25, 0.3) is 0 Å². The predicted octanol–water partition coefficient (Wildman–Crippen LogP) is 8.08. The van der Waals surface area contributed by atoms with Crippen LogP contribution >= 0.6 is 0 Å². The summed E-state index contributed by atoms with van der Waals surface area (Å²) >= 11 is 0. The lowest BCUT2D eigenvalue weighted by Crippen LogP contribution is -2.01. The quantitative estimate of drug-likeness (QED) is 0.324. The summed E-state index contributed by atoms with van der Waals surface area (Å²) < 4.78 is 0. The van der Waals surface area contributed by atoms with Crippen LogP contribution in [0.4, 0.5) is 0 Å². The van der Waals surface area contributed by atoms with Crippen LogP contribution in [0, 0.1) is 0 Å². The molecular formula is C28H28. The molecule has 0 unspecified atom stereocenters. The minimum atomic E-state index is 1.09. The first-order valence-corrected chi connectivity index (χ1v) is 10.5. The standard InChI is InChI=1S/C28H28/c1-3-13-25-23-19-11-12-20-24(23)26(14-4-2)28(22-17-9-6-10-18-22)27(25)21-15-7-5-8-16-21/h5-12,15-20H,3-4,13-14H2,1-2H3. The van der Waals surface area contributed by atoms with E-state index in [0.717, 1.165) is 25.7 Å². The molecule has 140 valence electrons. The van der Waals surface area contributed by atoms with Gasteiger partial charge in [-0.2, -0.15) is 0 Å². The lowest BCUT2D eigenvalue weighted by atomic mass is 9.80. The Balaban J connectivity index is 2.20. The van der Waals surface area contributed by atoms with Crippen LogP contribution in [0.5, 0.6) is 0 Å². The zero-order valence-corrected chi connectivity index (χ0v) is 16.9. The van der Waals surface area contributed by atoms with E-state index in [1.165, 1.54) is 44.2 Å². The number of benzene rings is 4. The summed E-state index contributed by atoms with van der Waals surface area (Å²) in [5.41, 5.74) is 8.48. The lowest BCUT2D eigenvalue weighted by Gasteiger charge is -2.23. The molecule has 0 spiro atoms. The van der Waals surface area contributed by atoms with E-state index in [1.807, 2.05) is 0 Å². The molecule has 0 saturated heterocycles. The van der Waals surface area contributed by atoms with Crippen LogP contribution in [0.3, 0.4) is 0 Å². The predicted molar refractivity (Wildman–Crippen MR) is 123 cm³/mol. The van der Waals surface area contributed by atoms with Crippen molar-refractivity contribution in [1.29, 1.82) is 0 Å². The maximum Gasteiger partial charge on any atom is -0.00641 e. The van der Waals surface area contributed by atoms with E-state index < -0.39 is 0 Å². The molecule has 28 heavy (non-hydrogen) atoms. The Morgan fingerprint density at radius 2 is 0.821 bits per heavy atom. The zero-order valence-electron chi connectivity index (χ0n) is 16.9. The van der Waals surface area contributed by atoms with Crippen molar-refractivity contribution in [2.75, 3.05) is 0 Å². The molecular weight excluding hydrogens is 336 g/mol. The molecule has 0 radical (unpaired) electrons. The highest BCUT2D eigenvalue weighted by Crippen LogP contribution is 2.43. The first-order chi connectivity index (χ1) is 13.8. The first kappa shape index (κ1) is 18.5. The minimum Gasteiger partial charge on any atom is -0.0651 e. The number of hydrogen-bond donors (Lipinski definition) is 0. The highest BCUT2D eigenvalue weighted by Gasteiger charge is 2.20. The molecule has 0 saturated carbocycles. The molecule has 4 rings (SSSR count). The van der Waals surface area contributed by atoms with Gasteiger partial charge in [0, 0.05) is 0 Å². The topological polar surface area (TPSA) is 0 Å². The second-order valence-corrected chi connectivity index (χ2v) is 7.48. The van der Waals surface area contributed by atoms with Crippen molar-refractivity contribution >= 4 is 10.8 Å². The fraction of sp³-hybridized carbons (Fsp3) is 0.214. The molecule has 0 atom stereocenters. The van der Waals surface area contributed by atoms with Gasteiger partial charge in [-0.15, -0.1) is 0 Å². The molecule has 0 aliphatic rings. The van der Waals surface area contributed by atoms with Crippen LogP contribution in [0.25, 0.3) is 33.0 Å². The van der Waals surface area contributed by atoms with E-state index in [2.05, 4.69) is 98.8 Å². The molecule has 0 N–H and O–H groups in total. The number of fused-ring (bicyclic) bond motifs is 1. The number of aryl methyl sites for hydroxylation is 2. The summed E-state index contributed by atoms with van der Waals surface area (Å²) in [5.74, 6) is 0. The Bertz CT molecular complexity index is 971. The Morgan fingerprint density at radius 1 is 0.464 bits per heavy atom. The van der Waals surface area contributed by atoms with Crippen LogP contribution < -0.4 is 0 Å². The Kier molecular flexibility index (Phi) is 5.58. The van der Waals surface area contributed by atoms with Crippen molar-refractivity contribution in [2.45, 2.75) is 39.5 Å². The summed E-state index contributed by atoms with van der Waals surface area (Å²) in [7, 11) is 0. The van der Waals surface area contributed by atoms with Gasteiger partial charge in [-0.3, -0.25) is 0 Å². The van der Waals surface area contributed by atoms with E-state index in [9.17, 15) is 0 Å². The van der Waals surface area contributed by atoms with E-state index in [4.69, 9.17) is 0 Å². The van der Waals surface area contributed by atoms with E-state index in [0.29, 0.717) is 0 Å². The summed E-state index contributed by atoms with van der Waals surface area (Å²) in [6.07, 6.45) is 4.48. The number of hydrogen-bond acceptors (Lipinski definition) is 0. The molecule has 0 heteroatoms. The van der Waals surface area contributed by atoms with Gasteiger partial charge in [-0.1, -0.05) is 112 Å². The molecule has 0 heterocycles. The van der Waals surface area contributed by atoms with Crippen LogP contribution in [0.1, 0.15) is 37.8 Å². The molecule has 0 bridgehead atoms. The molecule has 0 fully saturated rings. The van der Waals surface area contributed by atoms with Crippen LogP contribution in [-0.4, -0.2) is 0 Å². The third-order valence-corrected chi connectivity index (χ3v) is 5.56. The average Bonchev–Trinajstić information content (AvgIpc) is 2.76. The Labute approximate surface area is 168 Å². The molecule has 0 aromatic heterocycles. The second kappa shape index (κ2) is 8.44. The lowest BCUT2D eigenvalue weighted by molar-refractivity contribution is 0.919. The van der Waals surface area contributed by atoms with Gasteiger partial charge < -0.3 is 0 Å². The van der Waals surface area contributed by atoms with Gasteiger partial charge in [0.2, 0.25) is 0 Å². The molecule has 0 amide bonds. The Hall–Kier alpha value is -2.86. The van der Waals surface area contributed by atoms with Crippen molar-refractivity contribution in [3.63, 3.8) is 0 Å². The van der Waals surface area contributed by atoms with Crippen molar-refractivity contribution in [2.24, 2.45) is 0 Å². The molecule has 4 aromatic rings. The van der Waals surface area contributed by atoms with Crippen LogP contribution in [-0.2, 0) is 12.8 Å². The van der Waals surface area contributed by atoms with Gasteiger partial charge in [-0.05, 0) is 57.0 Å². The van der Waals surface area contributed by atoms with Gasteiger partial charge in [0.15, 0.2) is 0 Å². The van der Waals surface area contributed by atoms with Crippen LogP contribution in [0.2, 0.25) is 0 Å². The second-order valence-electron chi connectivity index (χ2n) is 7.48. The highest BCUT2D eigenvalue weighted by molar-refractivity contribution is 6.03. The molecule has 0 aliphatic carbocycles. The van der Waals surface area contributed by atoms with Gasteiger partial charge in [0.1, 0.15) is 0 Å². The molecule has 0 aliphatic heterocycles. The van der Waals surface area contributed by atoms with Gasteiger partial charge in [0.05, 0.1) is 0 Å². The van der Waals surface area contributed by atoms with E-state index >= 15 is 0 Å². The van der Waals surface area contributed by atoms with E-state index in [-0.39, 0.29) is 0 Å². The fourth-order valence-electron chi connectivity index (χ4n) is 4.45. The highest BCUT2D eigenvalue weighted by atomic mass is 14.2. The monoisotopic (exact) mass is 364 g/mol. The van der Waals surface area contributed by atoms with Crippen molar-refractivity contribution < 1.29 is 0 Å². The maximum absolute atomic E-state index is 2.32. The van der Waals surface area contributed by atoms with Gasteiger partial charge in [-0.25, -0.2) is 0 Å². The molecule has 4 aromatic carbocycles. The van der Waals surface area contributed by atoms with Gasteiger partial charge >= 0.3 is 0 Å². The maximum atomic E-state index is 2.32. The van der Waals surface area contributed by atoms with Crippen LogP contribution in [0.15, 0.2) is 84.9 Å². The summed E-state index contributed by atoms with van der Waals surface area (Å²) in [6, 6.07) is 31.0. The van der Waals surface area contributed by atoms with E-state index in [1.54, 1.807) is 0 Å². The summed E-state index contributed by atoms with van der Waals surface area (Å²) in [6.45, 7) is 4.57. The van der Waals surface area contributed by atoms with Crippen molar-refractivity contribution in [3.8, 4) is 22.3 Å². The first-order valence-electron chi connectivity index (χ1n) is 10.5. The zero-order chi connectivity index (χ0) is 19.3. The molecule has 0 nitrogen and oxygen atoms in total. The summed E-state index contributed by atoms with van der Waals surface area (Å²) in [4.78, 5) is 0. The normalized spacial score (nSPS) is 11.1. The van der Waals surface area contributed by atoms with Crippen molar-refractivity contribution in [1.82, 2.24) is 0 Å². The third-order valence-electron chi connectivity index (χ3n) is 5.56. The summed E-state index contributed by atoms with van der Waals surface area (Å²) in [5, 5.41) is 2.85. The smallest absolute Gasteiger partial charge is 0.00641 e. The Morgan fingerprint density at radius 3 is 1.18 bits per heavy atom. The third kappa shape index (κ3) is 3.36. The number of rotatable bonds is 6. The SMILES string of the molecule is CCCc1c(-c2ccccc2)c(-c2ccccc2)c(CCC)c2ccccc12. The largest absolute Gasteiger partial charge is 0.0651 e. The van der Waals surface area contributed by atoms with Crippen molar-refractivity contribution in [3.05, 3.63) is 96.1 Å². The fourth-order valence-corrected chi connectivity index (χ4v) is 4.45.